The average molecular weight is 350 g/mol. The third kappa shape index (κ3) is 4.55. The van der Waals surface area contributed by atoms with Gasteiger partial charge in [-0.1, -0.05) is 25.7 Å². The minimum atomic E-state index is 0.0771. The van der Waals surface area contributed by atoms with Crippen molar-refractivity contribution < 1.29 is 9.59 Å². The third-order valence-electron chi connectivity index (χ3n) is 6.68. The summed E-state index contributed by atoms with van der Waals surface area (Å²) in [5, 5.41) is 3.27. The zero-order valence-electron chi connectivity index (χ0n) is 16.1. The lowest BCUT2D eigenvalue weighted by molar-refractivity contribution is -0.136. The van der Waals surface area contributed by atoms with Gasteiger partial charge in [0, 0.05) is 37.0 Å². The predicted octanol–water partition coefficient (Wildman–Crippen LogP) is 2.41. The molecule has 5 nitrogen and oxygen atoms in total. The van der Waals surface area contributed by atoms with Crippen LogP contribution in [-0.2, 0) is 9.59 Å². The highest BCUT2D eigenvalue weighted by Crippen LogP contribution is 2.33. The average Bonchev–Trinajstić information content (AvgIpc) is 3.46. The second-order valence-electron chi connectivity index (χ2n) is 8.62. The maximum atomic E-state index is 12.7. The Labute approximate surface area is 152 Å². The predicted molar refractivity (Wildman–Crippen MR) is 99.2 cm³/mol. The Morgan fingerprint density at radius 2 is 1.56 bits per heavy atom. The Balaban J connectivity index is 1.47. The topological polar surface area (TPSA) is 52.7 Å². The van der Waals surface area contributed by atoms with Crippen LogP contribution in [0.3, 0.4) is 0 Å². The number of nitrogens with one attached hydrogen (secondary N) is 1. The van der Waals surface area contributed by atoms with Crippen molar-refractivity contribution in [1.29, 1.82) is 0 Å². The molecule has 1 N–H and O–H groups in total. The molecule has 3 rings (SSSR count). The molecule has 3 aliphatic rings. The molecule has 0 spiro atoms. The van der Waals surface area contributed by atoms with Crippen LogP contribution in [0.2, 0.25) is 0 Å². The molecule has 2 aliphatic carbocycles. The van der Waals surface area contributed by atoms with E-state index < -0.39 is 0 Å². The van der Waals surface area contributed by atoms with Crippen LogP contribution in [0.25, 0.3) is 0 Å². The van der Waals surface area contributed by atoms with Crippen molar-refractivity contribution in [2.75, 3.05) is 33.7 Å². The molecule has 0 aromatic carbocycles. The monoisotopic (exact) mass is 349 g/mol. The number of carbonyl (C=O) groups excluding carboxylic acids is 2. The highest BCUT2D eigenvalue weighted by Gasteiger charge is 2.37. The van der Waals surface area contributed by atoms with E-state index in [1.165, 1.54) is 38.5 Å². The summed E-state index contributed by atoms with van der Waals surface area (Å²) in [4.78, 5) is 29.1. The minimum absolute atomic E-state index is 0.0771. The lowest BCUT2D eigenvalue weighted by atomic mass is 9.88. The Bertz CT molecular complexity index is 471. The molecule has 0 bridgehead atoms. The second-order valence-corrected chi connectivity index (χ2v) is 8.62. The van der Waals surface area contributed by atoms with E-state index in [4.69, 9.17) is 0 Å². The fourth-order valence-electron chi connectivity index (χ4n) is 4.52. The van der Waals surface area contributed by atoms with Gasteiger partial charge < -0.3 is 15.1 Å². The standard InChI is InChI=1S/C20H35N3O2/c1-22(2)20(11-5-3-4-6-12-20)15-21-18(24)16-9-13-23(14-10-16)19(25)17-7-8-17/h16-17H,3-15H2,1-2H3,(H,21,24). The number of likely N-dealkylation sites (N-methyl/N-ethyl adjacent to an activating group) is 1. The number of hydrogen-bond donors (Lipinski definition) is 1. The lowest BCUT2D eigenvalue weighted by Gasteiger charge is -2.40. The minimum Gasteiger partial charge on any atom is -0.354 e. The van der Waals surface area contributed by atoms with Crippen LogP contribution < -0.4 is 5.32 Å². The van der Waals surface area contributed by atoms with Gasteiger partial charge in [-0.2, -0.15) is 0 Å². The number of rotatable bonds is 5. The summed E-state index contributed by atoms with van der Waals surface area (Å²) >= 11 is 0. The van der Waals surface area contributed by atoms with Gasteiger partial charge in [-0.05, 0) is 52.6 Å². The van der Waals surface area contributed by atoms with Crippen molar-refractivity contribution in [2.45, 2.75) is 69.7 Å². The first-order valence-electron chi connectivity index (χ1n) is 10.3. The molecule has 0 atom stereocenters. The SMILES string of the molecule is CN(C)C1(CNC(=O)C2CCN(C(=O)C3CC3)CC2)CCCCCC1. The zero-order chi connectivity index (χ0) is 17.9. The van der Waals surface area contributed by atoms with Gasteiger partial charge in [0.25, 0.3) is 0 Å². The quantitative estimate of drug-likeness (QED) is 0.776. The number of likely N-dealkylation sites (tertiary alicyclic amines) is 1. The van der Waals surface area contributed by atoms with Gasteiger partial charge in [0.05, 0.1) is 0 Å². The first-order valence-corrected chi connectivity index (χ1v) is 10.3. The largest absolute Gasteiger partial charge is 0.354 e. The third-order valence-corrected chi connectivity index (χ3v) is 6.68. The smallest absolute Gasteiger partial charge is 0.225 e. The van der Waals surface area contributed by atoms with Gasteiger partial charge in [-0.3, -0.25) is 9.59 Å². The van der Waals surface area contributed by atoms with Crippen LogP contribution in [-0.4, -0.2) is 60.9 Å². The van der Waals surface area contributed by atoms with E-state index in [0.29, 0.717) is 11.8 Å². The summed E-state index contributed by atoms with van der Waals surface area (Å²) in [6, 6.07) is 0. The van der Waals surface area contributed by atoms with E-state index in [9.17, 15) is 9.59 Å². The van der Waals surface area contributed by atoms with Crippen LogP contribution in [0.5, 0.6) is 0 Å². The number of carbonyl (C=O) groups is 2. The number of piperidine rings is 1. The molecule has 0 radical (unpaired) electrons. The Kier molecular flexibility index (Phi) is 6.03. The van der Waals surface area contributed by atoms with Crippen LogP contribution in [0.1, 0.15) is 64.2 Å². The fourth-order valence-corrected chi connectivity index (χ4v) is 4.52. The molecule has 0 aromatic heterocycles. The van der Waals surface area contributed by atoms with Gasteiger partial charge in [-0.15, -0.1) is 0 Å². The Morgan fingerprint density at radius 1 is 0.960 bits per heavy atom. The summed E-state index contributed by atoms with van der Waals surface area (Å²) in [6.45, 7) is 2.28. The molecule has 1 aliphatic heterocycles. The highest BCUT2D eigenvalue weighted by atomic mass is 16.2. The summed E-state index contributed by atoms with van der Waals surface area (Å²) in [5.41, 5.74) is 0.120. The van der Waals surface area contributed by atoms with E-state index in [0.717, 1.165) is 45.3 Å². The normalized spacial score (nSPS) is 24.8. The molecule has 0 aromatic rings. The molecule has 2 saturated carbocycles. The number of nitrogens with zero attached hydrogens (tertiary/aromatic N) is 2. The molecule has 3 fully saturated rings. The molecule has 1 heterocycles. The van der Waals surface area contributed by atoms with Crippen molar-refractivity contribution in [1.82, 2.24) is 15.1 Å². The molecule has 5 heteroatoms. The van der Waals surface area contributed by atoms with Gasteiger partial charge in [0.1, 0.15) is 0 Å². The van der Waals surface area contributed by atoms with E-state index in [2.05, 4.69) is 24.3 Å². The van der Waals surface area contributed by atoms with Crippen molar-refractivity contribution in [2.24, 2.45) is 11.8 Å². The first-order chi connectivity index (χ1) is 12.0. The van der Waals surface area contributed by atoms with Crippen molar-refractivity contribution >= 4 is 11.8 Å². The lowest BCUT2D eigenvalue weighted by Crippen LogP contribution is -2.54. The Hall–Kier alpha value is -1.10. The Morgan fingerprint density at radius 3 is 2.08 bits per heavy atom. The molecule has 1 saturated heterocycles. The summed E-state index contributed by atoms with van der Waals surface area (Å²) in [5.74, 6) is 0.890. The van der Waals surface area contributed by atoms with Gasteiger partial charge >= 0.3 is 0 Å². The molecule has 0 unspecified atom stereocenters. The van der Waals surface area contributed by atoms with Crippen LogP contribution >= 0.6 is 0 Å². The van der Waals surface area contributed by atoms with Crippen molar-refractivity contribution in [3.05, 3.63) is 0 Å². The van der Waals surface area contributed by atoms with Crippen molar-refractivity contribution in [3.8, 4) is 0 Å². The summed E-state index contributed by atoms with van der Waals surface area (Å²) in [6.07, 6.45) is 11.3. The molecular formula is C20H35N3O2. The van der Waals surface area contributed by atoms with Gasteiger partial charge in [0.2, 0.25) is 11.8 Å². The van der Waals surface area contributed by atoms with Gasteiger partial charge in [-0.25, -0.2) is 0 Å². The summed E-state index contributed by atoms with van der Waals surface area (Å²) in [7, 11) is 4.30. The van der Waals surface area contributed by atoms with E-state index in [1.807, 2.05) is 4.90 Å². The number of hydrogen-bond acceptors (Lipinski definition) is 3. The molecule has 2 amide bonds. The number of amides is 2. The zero-order valence-corrected chi connectivity index (χ0v) is 16.1. The van der Waals surface area contributed by atoms with Crippen LogP contribution in [0.15, 0.2) is 0 Å². The molecular weight excluding hydrogens is 314 g/mol. The van der Waals surface area contributed by atoms with Crippen LogP contribution in [0.4, 0.5) is 0 Å². The summed E-state index contributed by atoms with van der Waals surface area (Å²) < 4.78 is 0. The molecule has 25 heavy (non-hydrogen) atoms. The highest BCUT2D eigenvalue weighted by molar-refractivity contribution is 5.82. The van der Waals surface area contributed by atoms with Crippen molar-refractivity contribution in [3.63, 3.8) is 0 Å². The van der Waals surface area contributed by atoms with E-state index >= 15 is 0 Å². The second kappa shape index (κ2) is 8.07. The maximum Gasteiger partial charge on any atom is 0.225 e. The van der Waals surface area contributed by atoms with E-state index in [-0.39, 0.29) is 17.4 Å². The van der Waals surface area contributed by atoms with Gasteiger partial charge in [0.15, 0.2) is 0 Å². The fraction of sp³-hybridized carbons (Fsp3) is 0.900. The van der Waals surface area contributed by atoms with Crippen LogP contribution in [0, 0.1) is 11.8 Å². The first kappa shape index (κ1) is 18.7. The maximum absolute atomic E-state index is 12.7. The molecule has 142 valence electrons. The van der Waals surface area contributed by atoms with E-state index in [1.54, 1.807) is 0 Å².